The normalized spacial score (nSPS) is 17.9. The zero-order chi connectivity index (χ0) is 26.3. The van der Waals surface area contributed by atoms with Gasteiger partial charge in [0.05, 0.1) is 23.7 Å². The fourth-order valence-corrected chi connectivity index (χ4v) is 5.72. The maximum Gasteiger partial charge on any atom is 0.267 e. The van der Waals surface area contributed by atoms with Gasteiger partial charge >= 0.3 is 0 Å². The van der Waals surface area contributed by atoms with Gasteiger partial charge in [0.15, 0.2) is 0 Å². The number of nitrogens with zero attached hydrogens (tertiary/aromatic N) is 3. The third kappa shape index (κ3) is 6.35. The van der Waals surface area contributed by atoms with Crippen molar-refractivity contribution < 1.29 is 14.3 Å². The van der Waals surface area contributed by atoms with Crippen molar-refractivity contribution in [2.45, 2.75) is 70.3 Å². The van der Waals surface area contributed by atoms with E-state index in [4.69, 9.17) is 4.42 Å². The lowest BCUT2D eigenvalue weighted by molar-refractivity contribution is 0.0546. The molecule has 8 nitrogen and oxygen atoms in total. The van der Waals surface area contributed by atoms with Crippen LogP contribution in [-0.4, -0.2) is 58.4 Å². The van der Waals surface area contributed by atoms with E-state index in [-0.39, 0.29) is 17.6 Å². The van der Waals surface area contributed by atoms with Crippen LogP contribution in [0.2, 0.25) is 0 Å². The average Bonchev–Trinajstić information content (AvgIpc) is 3.51. The van der Waals surface area contributed by atoms with Gasteiger partial charge in [0, 0.05) is 43.7 Å². The summed E-state index contributed by atoms with van der Waals surface area (Å²) in [5.74, 6) is 0.0141. The molecule has 0 saturated carbocycles. The number of anilines is 1. The molecule has 3 aromatic rings. The van der Waals surface area contributed by atoms with Crippen LogP contribution in [0.1, 0.15) is 77.7 Å². The molecule has 8 heteroatoms. The molecule has 0 atom stereocenters. The minimum absolute atomic E-state index is 0.0141. The van der Waals surface area contributed by atoms with Gasteiger partial charge < -0.3 is 19.3 Å². The highest BCUT2D eigenvalue weighted by molar-refractivity contribution is 5.94. The highest BCUT2D eigenvalue weighted by atomic mass is 16.3. The summed E-state index contributed by atoms with van der Waals surface area (Å²) in [6, 6.07) is 9.70. The molecule has 2 N–H and O–H groups in total. The molecule has 2 saturated heterocycles. The maximum atomic E-state index is 12.8. The monoisotopic (exact) mass is 518 g/mol. The number of aliphatic hydroxyl groups is 1. The lowest BCUT2D eigenvalue weighted by atomic mass is 9.90. The number of amides is 1. The van der Waals surface area contributed by atoms with E-state index in [9.17, 15) is 14.7 Å². The van der Waals surface area contributed by atoms with Gasteiger partial charge in [-0.15, -0.1) is 0 Å². The Morgan fingerprint density at radius 2 is 1.76 bits per heavy atom. The number of carbonyl (C=O) groups is 1. The fourth-order valence-electron chi connectivity index (χ4n) is 5.72. The van der Waals surface area contributed by atoms with E-state index in [1.807, 2.05) is 41.5 Å². The van der Waals surface area contributed by atoms with Crippen molar-refractivity contribution in [3.05, 3.63) is 81.2 Å². The number of aliphatic hydroxyl groups excluding tert-OH is 1. The Bertz CT molecular complexity index is 1260. The largest absolute Gasteiger partial charge is 0.470 e. The summed E-state index contributed by atoms with van der Waals surface area (Å²) in [6.07, 6.45) is 13.0. The van der Waals surface area contributed by atoms with Gasteiger partial charge in [0.25, 0.3) is 11.5 Å². The van der Waals surface area contributed by atoms with E-state index >= 15 is 0 Å². The molecule has 0 radical (unpaired) electrons. The first-order valence-corrected chi connectivity index (χ1v) is 14.0. The van der Waals surface area contributed by atoms with Crippen molar-refractivity contribution in [2.75, 3.05) is 31.1 Å². The zero-order valence-corrected chi connectivity index (χ0v) is 22.0. The van der Waals surface area contributed by atoms with Gasteiger partial charge in [-0.05, 0) is 87.1 Å². The Hall–Kier alpha value is -3.39. The molecule has 0 spiro atoms. The number of furan rings is 1. The van der Waals surface area contributed by atoms with E-state index in [0.29, 0.717) is 37.9 Å². The van der Waals surface area contributed by atoms with Crippen molar-refractivity contribution in [1.82, 2.24) is 15.1 Å². The predicted molar refractivity (Wildman–Crippen MR) is 147 cm³/mol. The molecule has 0 bridgehead atoms. The van der Waals surface area contributed by atoms with E-state index in [0.717, 1.165) is 48.1 Å². The summed E-state index contributed by atoms with van der Waals surface area (Å²) < 4.78 is 5.03. The van der Waals surface area contributed by atoms with Gasteiger partial charge in [0.1, 0.15) is 6.26 Å². The standard InChI is InChI=1S/C21H25N3O3.C9H13NO/c25-16-8-10-24(11-9-16)21(27)15-5-3-4-14(12-15)13-19-17-6-1-2-7-18(17)20(26)23-22-19;1-2-5-10(6-3-1)9-4-7-11-8-9/h3-5,12,16,25H,1-2,6-11,13H2,(H,23,26);4,7-8H,1-3,5-6H2. The number of benzene rings is 1. The number of aromatic nitrogens is 2. The third-order valence-corrected chi connectivity index (χ3v) is 7.91. The van der Waals surface area contributed by atoms with Crippen molar-refractivity contribution in [3.8, 4) is 0 Å². The Morgan fingerprint density at radius 1 is 1.00 bits per heavy atom. The molecule has 2 fully saturated rings. The van der Waals surface area contributed by atoms with E-state index in [2.05, 4.69) is 15.1 Å². The number of fused-ring (bicyclic) bond motifs is 1. The van der Waals surface area contributed by atoms with Crippen molar-refractivity contribution in [1.29, 1.82) is 0 Å². The second-order valence-corrected chi connectivity index (χ2v) is 10.6. The summed E-state index contributed by atoms with van der Waals surface area (Å²) in [6.45, 7) is 3.58. The number of aromatic amines is 1. The quantitative estimate of drug-likeness (QED) is 0.539. The van der Waals surface area contributed by atoms with Gasteiger partial charge in [-0.1, -0.05) is 12.1 Å². The van der Waals surface area contributed by atoms with E-state index in [1.54, 1.807) is 6.26 Å². The van der Waals surface area contributed by atoms with Crippen LogP contribution < -0.4 is 10.5 Å². The number of carbonyl (C=O) groups excluding carboxylic acids is 1. The third-order valence-electron chi connectivity index (χ3n) is 7.91. The maximum absolute atomic E-state index is 12.8. The Kier molecular flexibility index (Phi) is 8.58. The van der Waals surface area contributed by atoms with Gasteiger partial charge in [-0.2, -0.15) is 5.10 Å². The molecule has 4 heterocycles. The van der Waals surface area contributed by atoms with Gasteiger partial charge in [0.2, 0.25) is 0 Å². The van der Waals surface area contributed by atoms with Gasteiger partial charge in [-0.3, -0.25) is 9.59 Å². The van der Waals surface area contributed by atoms with Crippen LogP contribution in [0.4, 0.5) is 5.69 Å². The number of hydrogen-bond acceptors (Lipinski definition) is 6. The smallest absolute Gasteiger partial charge is 0.267 e. The molecule has 38 heavy (non-hydrogen) atoms. The molecule has 3 aliphatic rings. The molecule has 1 amide bonds. The van der Waals surface area contributed by atoms with Crippen molar-refractivity contribution >= 4 is 11.6 Å². The van der Waals surface area contributed by atoms with Crippen LogP contribution in [0.25, 0.3) is 0 Å². The van der Waals surface area contributed by atoms with E-state index < -0.39 is 0 Å². The zero-order valence-electron chi connectivity index (χ0n) is 22.0. The number of piperidine rings is 2. The highest BCUT2D eigenvalue weighted by Crippen LogP contribution is 2.23. The lowest BCUT2D eigenvalue weighted by Crippen LogP contribution is -2.40. The summed E-state index contributed by atoms with van der Waals surface area (Å²) in [5, 5.41) is 16.6. The molecule has 0 unspecified atom stereocenters. The molecular formula is C30H38N4O4. The Balaban J connectivity index is 0.000000222. The Labute approximate surface area is 223 Å². The van der Waals surface area contributed by atoms with Crippen LogP contribution >= 0.6 is 0 Å². The van der Waals surface area contributed by atoms with Gasteiger partial charge in [-0.25, -0.2) is 5.10 Å². The van der Waals surface area contributed by atoms with Crippen LogP contribution in [-0.2, 0) is 19.3 Å². The number of nitrogens with one attached hydrogen (secondary N) is 1. The summed E-state index contributed by atoms with van der Waals surface area (Å²) in [7, 11) is 0. The summed E-state index contributed by atoms with van der Waals surface area (Å²) >= 11 is 0. The minimum atomic E-state index is -0.294. The SMILES string of the molecule is O=C(c1cccc(Cc2n[nH]c(=O)c3c2CCCC3)c1)N1CCC(O)CC1.c1cc(N2CCCCC2)co1. The number of likely N-dealkylation sites (tertiary alicyclic amines) is 1. The van der Waals surface area contributed by atoms with Crippen molar-refractivity contribution in [3.63, 3.8) is 0 Å². The molecule has 1 aromatic carbocycles. The number of rotatable bonds is 4. The van der Waals surface area contributed by atoms with Crippen LogP contribution in [0.5, 0.6) is 0 Å². The summed E-state index contributed by atoms with van der Waals surface area (Å²) in [5.41, 5.74) is 5.74. The number of H-pyrrole nitrogens is 1. The molecule has 2 aliphatic heterocycles. The first kappa shape index (κ1) is 26.2. The second kappa shape index (κ2) is 12.4. The summed E-state index contributed by atoms with van der Waals surface area (Å²) in [4.78, 5) is 29.0. The second-order valence-electron chi connectivity index (χ2n) is 10.6. The molecular weight excluding hydrogens is 480 g/mol. The molecule has 202 valence electrons. The first-order chi connectivity index (χ1) is 18.6. The highest BCUT2D eigenvalue weighted by Gasteiger charge is 2.23. The van der Waals surface area contributed by atoms with E-state index in [1.165, 1.54) is 38.0 Å². The number of hydrogen-bond donors (Lipinski definition) is 2. The first-order valence-electron chi connectivity index (χ1n) is 14.0. The van der Waals surface area contributed by atoms with Crippen LogP contribution in [0.3, 0.4) is 0 Å². The van der Waals surface area contributed by atoms with Crippen molar-refractivity contribution in [2.24, 2.45) is 0 Å². The molecule has 2 aromatic heterocycles. The van der Waals surface area contributed by atoms with Crippen LogP contribution in [0.15, 0.2) is 52.1 Å². The van der Waals surface area contributed by atoms with Crippen LogP contribution in [0, 0.1) is 0 Å². The topological polar surface area (TPSA) is 103 Å². The average molecular weight is 519 g/mol. The Morgan fingerprint density at radius 3 is 2.50 bits per heavy atom. The molecule has 6 rings (SSSR count). The lowest BCUT2D eigenvalue weighted by Gasteiger charge is -2.29. The fraction of sp³-hybridized carbons (Fsp3) is 0.500. The molecule has 1 aliphatic carbocycles. The minimum Gasteiger partial charge on any atom is -0.470 e. The predicted octanol–water partition coefficient (Wildman–Crippen LogP) is 4.11.